The largest absolute Gasteiger partial charge is 0.306 e. The van der Waals surface area contributed by atoms with Crippen molar-refractivity contribution in [3.8, 4) is 5.82 Å². The molecule has 0 atom stereocenters. The lowest BCUT2D eigenvalue weighted by atomic mass is 10.2. The summed E-state index contributed by atoms with van der Waals surface area (Å²) in [5.41, 5.74) is 0.539. The van der Waals surface area contributed by atoms with Crippen LogP contribution >= 0.6 is 15.9 Å². The minimum absolute atomic E-state index is 0.243. The van der Waals surface area contributed by atoms with Crippen LogP contribution in [0, 0.1) is 0 Å². The zero-order chi connectivity index (χ0) is 14.7. The summed E-state index contributed by atoms with van der Waals surface area (Å²) in [7, 11) is 0. The fourth-order valence-corrected chi connectivity index (χ4v) is 2.24. The van der Waals surface area contributed by atoms with Crippen molar-refractivity contribution in [2.45, 2.75) is 0 Å². The number of hydrogen-bond acceptors (Lipinski definition) is 4. The number of anilines is 1. The van der Waals surface area contributed by atoms with Gasteiger partial charge in [0, 0.05) is 22.9 Å². The van der Waals surface area contributed by atoms with Gasteiger partial charge < -0.3 is 5.32 Å². The summed E-state index contributed by atoms with van der Waals surface area (Å²) in [6, 6.07) is 10.6. The van der Waals surface area contributed by atoms with E-state index in [-0.39, 0.29) is 5.91 Å². The molecule has 0 saturated heterocycles. The predicted molar refractivity (Wildman–Crippen MR) is 81.2 cm³/mol. The van der Waals surface area contributed by atoms with Crippen LogP contribution in [0.3, 0.4) is 0 Å². The van der Waals surface area contributed by atoms with Gasteiger partial charge in [-0.15, -0.1) is 0 Å². The maximum absolute atomic E-state index is 12.2. The van der Waals surface area contributed by atoms with Crippen LogP contribution in [-0.4, -0.2) is 25.7 Å². The van der Waals surface area contributed by atoms with Crippen molar-refractivity contribution < 1.29 is 4.79 Å². The van der Waals surface area contributed by atoms with Crippen LogP contribution < -0.4 is 5.32 Å². The van der Waals surface area contributed by atoms with Crippen molar-refractivity contribution in [2.24, 2.45) is 0 Å². The lowest BCUT2D eigenvalue weighted by Gasteiger charge is -2.07. The second-order valence-electron chi connectivity index (χ2n) is 4.15. The van der Waals surface area contributed by atoms with Crippen LogP contribution in [0.5, 0.6) is 0 Å². The quantitative estimate of drug-likeness (QED) is 0.793. The van der Waals surface area contributed by atoms with Gasteiger partial charge in [-0.2, -0.15) is 5.10 Å². The van der Waals surface area contributed by atoms with Crippen LogP contribution in [0.1, 0.15) is 10.4 Å². The number of benzene rings is 1. The normalized spacial score (nSPS) is 10.3. The Kier molecular flexibility index (Phi) is 3.74. The topological polar surface area (TPSA) is 72.7 Å². The minimum atomic E-state index is -0.243. The third kappa shape index (κ3) is 2.97. The highest BCUT2D eigenvalue weighted by Crippen LogP contribution is 2.17. The molecule has 2 aromatic heterocycles. The lowest BCUT2D eigenvalue weighted by molar-refractivity contribution is 0.102. The molecule has 2 heterocycles. The van der Waals surface area contributed by atoms with E-state index in [0.29, 0.717) is 17.2 Å². The molecule has 0 aliphatic carbocycles. The zero-order valence-corrected chi connectivity index (χ0v) is 12.4. The van der Waals surface area contributed by atoms with E-state index in [0.717, 1.165) is 4.47 Å². The number of rotatable bonds is 3. The van der Waals surface area contributed by atoms with Crippen LogP contribution in [0.2, 0.25) is 0 Å². The van der Waals surface area contributed by atoms with Gasteiger partial charge in [0.15, 0.2) is 5.82 Å². The lowest BCUT2D eigenvalue weighted by Crippen LogP contribution is -2.14. The molecule has 1 amide bonds. The van der Waals surface area contributed by atoms with Gasteiger partial charge in [0.05, 0.1) is 5.56 Å². The third-order valence-corrected chi connectivity index (χ3v) is 3.44. The summed E-state index contributed by atoms with van der Waals surface area (Å²) in [5, 5.41) is 6.83. The first-order chi connectivity index (χ1) is 10.2. The first-order valence-corrected chi connectivity index (χ1v) is 6.91. The molecule has 6 nitrogen and oxygen atoms in total. The monoisotopic (exact) mass is 343 g/mol. The summed E-state index contributed by atoms with van der Waals surface area (Å²) >= 11 is 3.35. The molecule has 1 aromatic carbocycles. The maximum Gasteiger partial charge on any atom is 0.257 e. The van der Waals surface area contributed by atoms with E-state index in [1.165, 1.54) is 6.33 Å². The summed E-state index contributed by atoms with van der Waals surface area (Å²) in [6.07, 6.45) is 4.80. The van der Waals surface area contributed by atoms with Crippen LogP contribution in [0.15, 0.2) is 59.6 Å². The molecule has 0 spiro atoms. The molecule has 21 heavy (non-hydrogen) atoms. The number of carbonyl (C=O) groups is 1. The molecule has 0 bridgehead atoms. The molecule has 0 aliphatic heterocycles. The summed E-state index contributed by atoms with van der Waals surface area (Å²) < 4.78 is 2.32. The van der Waals surface area contributed by atoms with Gasteiger partial charge in [-0.25, -0.2) is 14.6 Å². The molecule has 0 unspecified atom stereocenters. The predicted octanol–water partition coefficient (Wildman–Crippen LogP) is 2.68. The van der Waals surface area contributed by atoms with E-state index >= 15 is 0 Å². The van der Waals surface area contributed by atoms with E-state index in [4.69, 9.17) is 0 Å². The van der Waals surface area contributed by atoms with Gasteiger partial charge in [0.1, 0.15) is 12.1 Å². The molecular formula is C14H10BrN5O. The fraction of sp³-hybridized carbons (Fsp3) is 0. The van der Waals surface area contributed by atoms with Gasteiger partial charge >= 0.3 is 0 Å². The first kappa shape index (κ1) is 13.4. The Balaban J connectivity index is 1.84. The number of hydrogen-bond donors (Lipinski definition) is 1. The summed E-state index contributed by atoms with van der Waals surface area (Å²) in [6.45, 7) is 0. The van der Waals surface area contributed by atoms with E-state index < -0.39 is 0 Å². The average molecular weight is 344 g/mol. The Morgan fingerprint density at radius 2 is 2.05 bits per heavy atom. The van der Waals surface area contributed by atoms with Crippen LogP contribution in [-0.2, 0) is 0 Å². The highest BCUT2D eigenvalue weighted by molar-refractivity contribution is 9.10. The fourth-order valence-electron chi connectivity index (χ4n) is 1.77. The zero-order valence-electron chi connectivity index (χ0n) is 10.8. The molecule has 0 radical (unpaired) electrons. The van der Waals surface area contributed by atoms with Crippen molar-refractivity contribution >= 4 is 27.7 Å². The first-order valence-electron chi connectivity index (χ1n) is 6.12. The Hall–Kier alpha value is -2.54. The number of amides is 1. The molecule has 7 heteroatoms. The number of nitrogens with zero attached hydrogens (tertiary/aromatic N) is 4. The smallest absolute Gasteiger partial charge is 0.257 e. The summed E-state index contributed by atoms with van der Waals surface area (Å²) in [5.74, 6) is 0.751. The highest BCUT2D eigenvalue weighted by atomic mass is 79.9. The van der Waals surface area contributed by atoms with E-state index in [1.54, 1.807) is 41.3 Å². The van der Waals surface area contributed by atoms with Gasteiger partial charge in [0.25, 0.3) is 5.91 Å². The van der Waals surface area contributed by atoms with Gasteiger partial charge in [-0.05, 0) is 34.1 Å². The van der Waals surface area contributed by atoms with Crippen molar-refractivity contribution in [2.75, 3.05) is 5.32 Å². The molecule has 3 rings (SSSR count). The van der Waals surface area contributed by atoms with Crippen molar-refractivity contribution in [1.82, 2.24) is 19.7 Å². The molecule has 0 aliphatic rings. The van der Waals surface area contributed by atoms with Crippen molar-refractivity contribution in [3.05, 3.63) is 65.2 Å². The average Bonchev–Trinajstić information content (AvgIpc) is 3.02. The van der Waals surface area contributed by atoms with E-state index in [1.807, 2.05) is 12.1 Å². The van der Waals surface area contributed by atoms with Gasteiger partial charge in [-0.1, -0.05) is 12.1 Å². The molecule has 1 N–H and O–H groups in total. The Morgan fingerprint density at radius 1 is 1.19 bits per heavy atom. The Morgan fingerprint density at radius 3 is 2.81 bits per heavy atom. The number of aromatic nitrogens is 4. The van der Waals surface area contributed by atoms with E-state index in [2.05, 4.69) is 36.3 Å². The van der Waals surface area contributed by atoms with Crippen molar-refractivity contribution in [3.63, 3.8) is 0 Å². The molecule has 0 fully saturated rings. The minimum Gasteiger partial charge on any atom is -0.306 e. The van der Waals surface area contributed by atoms with Crippen molar-refractivity contribution in [1.29, 1.82) is 0 Å². The van der Waals surface area contributed by atoms with Crippen LogP contribution in [0.4, 0.5) is 5.82 Å². The number of nitrogens with one attached hydrogen (secondary N) is 1. The summed E-state index contributed by atoms with van der Waals surface area (Å²) in [4.78, 5) is 20.4. The molecule has 0 saturated carbocycles. The number of carbonyl (C=O) groups excluding carboxylic acids is 1. The Bertz CT molecular complexity index is 773. The molecule has 3 aromatic rings. The third-order valence-electron chi connectivity index (χ3n) is 2.75. The SMILES string of the molecule is O=C(Nc1cc(-n2cccn2)ncn1)c1ccccc1Br. The second-order valence-corrected chi connectivity index (χ2v) is 5.00. The second kappa shape index (κ2) is 5.84. The Labute approximate surface area is 129 Å². The maximum atomic E-state index is 12.2. The molecular weight excluding hydrogens is 334 g/mol. The highest BCUT2D eigenvalue weighted by Gasteiger charge is 2.10. The van der Waals surface area contributed by atoms with Crippen LogP contribution in [0.25, 0.3) is 5.82 Å². The van der Waals surface area contributed by atoms with Gasteiger partial charge in [0.2, 0.25) is 0 Å². The van der Waals surface area contributed by atoms with Gasteiger partial charge in [-0.3, -0.25) is 4.79 Å². The van der Waals surface area contributed by atoms with E-state index in [9.17, 15) is 4.79 Å². The molecule has 104 valence electrons. The number of halogens is 1. The standard InChI is InChI=1S/C14H10BrN5O/c15-11-5-2-1-4-10(11)14(21)19-12-8-13(17-9-16-12)20-7-3-6-18-20/h1-9H,(H,16,17,19,21).